The maximum atomic E-state index is 12.9. The number of likely N-dealkylation sites (tertiary alicyclic amines) is 1. The molecule has 0 atom stereocenters. The second-order valence-corrected chi connectivity index (χ2v) is 4.36. The first-order valence-corrected chi connectivity index (χ1v) is 6.16. The fourth-order valence-corrected chi connectivity index (χ4v) is 1.96. The van der Waals surface area contributed by atoms with E-state index in [0.717, 1.165) is 19.6 Å². The summed E-state index contributed by atoms with van der Waals surface area (Å²) in [5, 5.41) is 2.78. The molecule has 2 heterocycles. The molecule has 0 unspecified atom stereocenters. The number of amides is 1. The van der Waals surface area contributed by atoms with Crippen LogP contribution in [0.3, 0.4) is 0 Å². The largest absolute Gasteiger partial charge is 0.349 e. The third kappa shape index (κ3) is 3.73. The van der Waals surface area contributed by atoms with Crippen molar-refractivity contribution >= 4 is 5.91 Å². The summed E-state index contributed by atoms with van der Waals surface area (Å²) in [6.07, 6.45) is 4.98. The van der Waals surface area contributed by atoms with Gasteiger partial charge in [0.25, 0.3) is 5.91 Å². The minimum absolute atomic E-state index is 0.219. The molecule has 0 radical (unpaired) electrons. The molecule has 2 rings (SSSR count). The highest BCUT2D eigenvalue weighted by atomic mass is 19.1. The normalized spacial score (nSPS) is 17.6. The van der Waals surface area contributed by atoms with E-state index < -0.39 is 6.17 Å². The minimum Gasteiger partial charge on any atom is -0.349 e. The first-order valence-electron chi connectivity index (χ1n) is 6.16. The third-order valence-electron chi connectivity index (χ3n) is 3.03. The van der Waals surface area contributed by atoms with Gasteiger partial charge in [-0.15, -0.1) is 0 Å². The van der Waals surface area contributed by atoms with Gasteiger partial charge in [-0.3, -0.25) is 9.78 Å². The van der Waals surface area contributed by atoms with Crippen molar-refractivity contribution < 1.29 is 9.18 Å². The van der Waals surface area contributed by atoms with Gasteiger partial charge in [0.1, 0.15) is 11.9 Å². The monoisotopic (exact) mass is 252 g/mol. The molecule has 6 heteroatoms. The summed E-state index contributed by atoms with van der Waals surface area (Å²) < 4.78 is 12.9. The molecule has 1 aliphatic rings. The van der Waals surface area contributed by atoms with E-state index in [1.165, 1.54) is 18.6 Å². The number of nitrogens with one attached hydrogen (secondary N) is 1. The van der Waals surface area contributed by atoms with Gasteiger partial charge in [0.05, 0.1) is 6.20 Å². The highest BCUT2D eigenvalue weighted by Gasteiger charge is 2.17. The van der Waals surface area contributed by atoms with E-state index in [4.69, 9.17) is 0 Å². The molecule has 1 fully saturated rings. The molecule has 1 N–H and O–H groups in total. The van der Waals surface area contributed by atoms with Gasteiger partial charge in [-0.2, -0.15) is 0 Å². The van der Waals surface area contributed by atoms with Crippen LogP contribution in [-0.4, -0.2) is 53.1 Å². The van der Waals surface area contributed by atoms with E-state index in [2.05, 4.69) is 20.2 Å². The first-order chi connectivity index (χ1) is 8.75. The zero-order valence-electron chi connectivity index (χ0n) is 10.2. The predicted octanol–water partition coefficient (Wildman–Crippen LogP) is 0.640. The summed E-state index contributed by atoms with van der Waals surface area (Å²) >= 11 is 0. The van der Waals surface area contributed by atoms with Gasteiger partial charge in [-0.25, -0.2) is 9.37 Å². The Balaban J connectivity index is 1.68. The van der Waals surface area contributed by atoms with E-state index >= 15 is 0 Å². The first kappa shape index (κ1) is 12.9. The maximum Gasteiger partial charge on any atom is 0.271 e. The predicted molar refractivity (Wildman–Crippen MR) is 64.9 cm³/mol. The van der Waals surface area contributed by atoms with Crippen LogP contribution >= 0.6 is 0 Å². The topological polar surface area (TPSA) is 58.1 Å². The number of rotatable bonds is 4. The minimum atomic E-state index is -0.657. The van der Waals surface area contributed by atoms with Crippen LogP contribution in [0.5, 0.6) is 0 Å². The van der Waals surface area contributed by atoms with Gasteiger partial charge < -0.3 is 10.2 Å². The van der Waals surface area contributed by atoms with Crippen molar-refractivity contribution in [2.45, 2.75) is 19.0 Å². The molecule has 1 aromatic heterocycles. The molecule has 18 heavy (non-hydrogen) atoms. The maximum absolute atomic E-state index is 12.9. The Bertz CT molecular complexity index is 379. The summed E-state index contributed by atoms with van der Waals surface area (Å²) in [4.78, 5) is 21.6. The molecule has 1 aliphatic heterocycles. The second-order valence-electron chi connectivity index (χ2n) is 4.36. The molecular weight excluding hydrogens is 235 g/mol. The number of hydrogen-bond acceptors (Lipinski definition) is 4. The lowest BCUT2D eigenvalue weighted by Gasteiger charge is -2.28. The Morgan fingerprint density at radius 2 is 2.22 bits per heavy atom. The van der Waals surface area contributed by atoms with Crippen LogP contribution in [0.4, 0.5) is 4.39 Å². The third-order valence-corrected chi connectivity index (χ3v) is 3.03. The fourth-order valence-electron chi connectivity index (χ4n) is 1.96. The van der Waals surface area contributed by atoms with E-state index in [-0.39, 0.29) is 5.91 Å². The lowest BCUT2D eigenvalue weighted by Crippen LogP contribution is -2.40. The molecule has 0 saturated carbocycles. The van der Waals surface area contributed by atoms with Gasteiger partial charge >= 0.3 is 0 Å². The molecule has 98 valence electrons. The fraction of sp³-hybridized carbons (Fsp3) is 0.583. The van der Waals surface area contributed by atoms with Gasteiger partial charge in [-0.1, -0.05) is 0 Å². The van der Waals surface area contributed by atoms with Crippen LogP contribution < -0.4 is 5.32 Å². The van der Waals surface area contributed by atoms with Crippen LogP contribution in [-0.2, 0) is 0 Å². The van der Waals surface area contributed by atoms with Crippen LogP contribution in [0.1, 0.15) is 23.3 Å². The van der Waals surface area contributed by atoms with Gasteiger partial charge in [0.15, 0.2) is 0 Å². The Morgan fingerprint density at radius 1 is 1.44 bits per heavy atom. The molecular formula is C12H17FN4O. The highest BCUT2D eigenvalue weighted by Crippen LogP contribution is 2.12. The van der Waals surface area contributed by atoms with Crippen molar-refractivity contribution in [1.82, 2.24) is 20.2 Å². The van der Waals surface area contributed by atoms with Crippen molar-refractivity contribution in [3.63, 3.8) is 0 Å². The molecule has 0 aromatic carbocycles. The number of carbonyl (C=O) groups is 1. The Kier molecular flexibility index (Phi) is 4.58. The second kappa shape index (κ2) is 6.39. The number of halogens is 1. The SMILES string of the molecule is O=C(NCCN1CCC(F)CC1)c1cnccn1. The molecule has 1 saturated heterocycles. The molecule has 0 spiro atoms. The quantitative estimate of drug-likeness (QED) is 0.854. The molecule has 5 nitrogen and oxygen atoms in total. The van der Waals surface area contributed by atoms with E-state index in [1.807, 2.05) is 0 Å². The zero-order chi connectivity index (χ0) is 12.8. The average Bonchev–Trinajstić information content (AvgIpc) is 2.42. The molecule has 1 amide bonds. The number of piperidine rings is 1. The highest BCUT2D eigenvalue weighted by molar-refractivity contribution is 5.91. The number of nitrogens with zero attached hydrogens (tertiary/aromatic N) is 3. The standard InChI is InChI=1S/C12H17FN4O/c13-10-1-6-17(7-2-10)8-5-16-12(18)11-9-14-3-4-15-11/h3-4,9-10H,1-2,5-8H2,(H,16,18). The van der Waals surface area contributed by atoms with Gasteiger partial charge in [0, 0.05) is 38.6 Å². The number of alkyl halides is 1. The van der Waals surface area contributed by atoms with E-state index in [1.54, 1.807) is 0 Å². The Hall–Kier alpha value is -1.56. The Labute approximate surface area is 105 Å². The van der Waals surface area contributed by atoms with Crippen molar-refractivity contribution in [2.24, 2.45) is 0 Å². The number of aromatic nitrogens is 2. The van der Waals surface area contributed by atoms with Crippen molar-refractivity contribution in [3.05, 3.63) is 24.3 Å². The lowest BCUT2D eigenvalue weighted by molar-refractivity contribution is 0.0935. The van der Waals surface area contributed by atoms with Crippen molar-refractivity contribution in [2.75, 3.05) is 26.2 Å². The smallest absolute Gasteiger partial charge is 0.271 e. The number of carbonyl (C=O) groups excluding carboxylic acids is 1. The van der Waals surface area contributed by atoms with Crippen LogP contribution in [0.15, 0.2) is 18.6 Å². The lowest BCUT2D eigenvalue weighted by atomic mass is 10.1. The van der Waals surface area contributed by atoms with Crippen LogP contribution in [0, 0.1) is 0 Å². The van der Waals surface area contributed by atoms with Crippen molar-refractivity contribution in [3.8, 4) is 0 Å². The average molecular weight is 252 g/mol. The van der Waals surface area contributed by atoms with Crippen LogP contribution in [0.2, 0.25) is 0 Å². The van der Waals surface area contributed by atoms with Crippen LogP contribution in [0.25, 0.3) is 0 Å². The molecule has 0 aliphatic carbocycles. The summed E-state index contributed by atoms with van der Waals surface area (Å²) in [6, 6.07) is 0. The molecule has 0 bridgehead atoms. The summed E-state index contributed by atoms with van der Waals surface area (Å²) in [5.41, 5.74) is 0.319. The van der Waals surface area contributed by atoms with E-state index in [9.17, 15) is 9.18 Å². The summed E-state index contributed by atoms with van der Waals surface area (Å²) in [5.74, 6) is -0.219. The summed E-state index contributed by atoms with van der Waals surface area (Å²) in [7, 11) is 0. The molecule has 1 aromatic rings. The van der Waals surface area contributed by atoms with Gasteiger partial charge in [-0.05, 0) is 12.8 Å². The van der Waals surface area contributed by atoms with Crippen molar-refractivity contribution in [1.29, 1.82) is 0 Å². The Morgan fingerprint density at radius 3 is 2.89 bits per heavy atom. The van der Waals surface area contributed by atoms with E-state index in [0.29, 0.717) is 25.1 Å². The number of hydrogen-bond donors (Lipinski definition) is 1. The summed E-state index contributed by atoms with van der Waals surface area (Å²) in [6.45, 7) is 2.83. The zero-order valence-corrected chi connectivity index (χ0v) is 10.2. The van der Waals surface area contributed by atoms with Gasteiger partial charge in [0.2, 0.25) is 0 Å².